The number of anilines is 3. The van der Waals surface area contributed by atoms with Crippen LogP contribution in [-0.2, 0) is 4.74 Å². The number of rotatable bonds is 5. The summed E-state index contributed by atoms with van der Waals surface area (Å²) in [5.41, 5.74) is 5.20. The Labute approximate surface area is 128 Å². The highest BCUT2D eigenvalue weighted by atomic mass is 32.1. The lowest BCUT2D eigenvalue weighted by molar-refractivity contribution is 0.0521. The largest absolute Gasteiger partial charge is 0.461 e. The van der Waals surface area contributed by atoms with Crippen LogP contribution in [-0.4, -0.2) is 31.7 Å². The molecule has 0 amide bonds. The number of aryl methyl sites for hydroxylation is 1. The van der Waals surface area contributed by atoms with Crippen LogP contribution in [0.3, 0.4) is 0 Å². The molecule has 0 unspecified atom stereocenters. The minimum atomic E-state index is -0.402. The Balaban J connectivity index is 2.25. The van der Waals surface area contributed by atoms with Crippen molar-refractivity contribution in [2.24, 2.45) is 0 Å². The Morgan fingerprint density at radius 1 is 1.43 bits per heavy atom. The molecule has 0 aliphatic heterocycles. The maximum Gasteiger partial charge on any atom is 0.360 e. The number of hydrogen-bond acceptors (Lipinski definition) is 6. The Morgan fingerprint density at radius 2 is 2.19 bits per heavy atom. The standard InChI is InChI=1S/C15H19N3O2S/c1-5-20-15(19)13-14(21-9-16-13)17-11-7-6-10(2)12(8-11)18(3)4/h6-9,17H,5H2,1-4H3. The fourth-order valence-corrected chi connectivity index (χ4v) is 2.67. The first kappa shape index (κ1) is 15.3. The summed E-state index contributed by atoms with van der Waals surface area (Å²) in [6.45, 7) is 4.18. The zero-order valence-corrected chi connectivity index (χ0v) is 13.5. The summed E-state index contributed by atoms with van der Waals surface area (Å²) in [5, 5.41) is 3.94. The van der Waals surface area contributed by atoms with E-state index < -0.39 is 5.97 Å². The molecule has 0 saturated heterocycles. The first-order valence-electron chi connectivity index (χ1n) is 6.68. The van der Waals surface area contributed by atoms with Gasteiger partial charge in [0, 0.05) is 25.5 Å². The summed E-state index contributed by atoms with van der Waals surface area (Å²) in [4.78, 5) is 18.0. The third-order valence-electron chi connectivity index (χ3n) is 2.99. The molecule has 6 heteroatoms. The zero-order chi connectivity index (χ0) is 15.4. The molecule has 0 spiro atoms. The smallest absolute Gasteiger partial charge is 0.360 e. The van der Waals surface area contributed by atoms with E-state index in [1.54, 1.807) is 12.4 Å². The van der Waals surface area contributed by atoms with Gasteiger partial charge in [-0.05, 0) is 31.5 Å². The van der Waals surface area contributed by atoms with Crippen LogP contribution in [0.4, 0.5) is 16.4 Å². The van der Waals surface area contributed by atoms with Crippen molar-refractivity contribution in [3.05, 3.63) is 35.0 Å². The Kier molecular flexibility index (Phi) is 4.80. The summed E-state index contributed by atoms with van der Waals surface area (Å²) in [7, 11) is 4.01. The lowest BCUT2D eigenvalue weighted by Crippen LogP contribution is -2.11. The number of thiazole rings is 1. The molecule has 0 radical (unpaired) electrons. The molecule has 0 bridgehead atoms. The molecule has 0 saturated carbocycles. The lowest BCUT2D eigenvalue weighted by atomic mass is 10.1. The van der Waals surface area contributed by atoms with E-state index >= 15 is 0 Å². The molecule has 1 heterocycles. The summed E-state index contributed by atoms with van der Waals surface area (Å²) < 4.78 is 5.00. The van der Waals surface area contributed by atoms with Crippen LogP contribution < -0.4 is 10.2 Å². The van der Waals surface area contributed by atoms with Gasteiger partial charge in [-0.25, -0.2) is 9.78 Å². The summed E-state index contributed by atoms with van der Waals surface area (Å²) >= 11 is 1.38. The van der Waals surface area contributed by atoms with Crippen molar-refractivity contribution in [3.8, 4) is 0 Å². The molecule has 2 rings (SSSR count). The molecule has 1 aromatic carbocycles. The Morgan fingerprint density at radius 3 is 2.86 bits per heavy atom. The van der Waals surface area contributed by atoms with Crippen LogP contribution in [0.2, 0.25) is 0 Å². The monoisotopic (exact) mass is 305 g/mol. The van der Waals surface area contributed by atoms with E-state index in [0.29, 0.717) is 17.3 Å². The number of nitrogens with zero attached hydrogens (tertiary/aromatic N) is 2. The minimum Gasteiger partial charge on any atom is -0.461 e. The highest BCUT2D eigenvalue weighted by Crippen LogP contribution is 2.29. The van der Waals surface area contributed by atoms with E-state index in [4.69, 9.17) is 4.74 Å². The van der Waals surface area contributed by atoms with Crippen molar-refractivity contribution in [1.29, 1.82) is 0 Å². The number of hydrogen-bond donors (Lipinski definition) is 1. The number of ether oxygens (including phenoxy) is 1. The molecule has 0 fully saturated rings. The second-order valence-corrected chi connectivity index (χ2v) is 5.63. The number of benzene rings is 1. The fraction of sp³-hybridized carbons (Fsp3) is 0.333. The van der Waals surface area contributed by atoms with Crippen molar-refractivity contribution in [2.45, 2.75) is 13.8 Å². The fourth-order valence-electron chi connectivity index (χ4n) is 1.98. The number of aromatic nitrogens is 1. The molecule has 1 N–H and O–H groups in total. The number of esters is 1. The molecular weight excluding hydrogens is 286 g/mol. The highest BCUT2D eigenvalue weighted by molar-refractivity contribution is 7.14. The number of carbonyl (C=O) groups excluding carboxylic acids is 1. The Hall–Kier alpha value is -2.08. The van der Waals surface area contributed by atoms with Crippen LogP contribution in [0.25, 0.3) is 0 Å². The second kappa shape index (κ2) is 6.58. The van der Waals surface area contributed by atoms with Gasteiger partial charge in [-0.1, -0.05) is 6.07 Å². The average molecular weight is 305 g/mol. The van der Waals surface area contributed by atoms with Gasteiger partial charge in [0.15, 0.2) is 5.69 Å². The molecular formula is C15H19N3O2S. The van der Waals surface area contributed by atoms with Crippen molar-refractivity contribution < 1.29 is 9.53 Å². The Bertz CT molecular complexity index is 638. The number of carbonyl (C=O) groups is 1. The topological polar surface area (TPSA) is 54.5 Å². The van der Waals surface area contributed by atoms with E-state index in [0.717, 1.165) is 11.4 Å². The van der Waals surface area contributed by atoms with Gasteiger partial charge in [-0.2, -0.15) is 0 Å². The van der Waals surface area contributed by atoms with Gasteiger partial charge in [0.05, 0.1) is 12.1 Å². The summed E-state index contributed by atoms with van der Waals surface area (Å²) in [6, 6.07) is 6.07. The van der Waals surface area contributed by atoms with E-state index in [-0.39, 0.29) is 0 Å². The van der Waals surface area contributed by atoms with Gasteiger partial charge in [0.25, 0.3) is 0 Å². The van der Waals surface area contributed by atoms with Gasteiger partial charge < -0.3 is 15.0 Å². The molecule has 1 aromatic heterocycles. The van der Waals surface area contributed by atoms with Crippen LogP contribution in [0.5, 0.6) is 0 Å². The predicted molar refractivity (Wildman–Crippen MR) is 86.9 cm³/mol. The first-order chi connectivity index (χ1) is 10.0. The summed E-state index contributed by atoms with van der Waals surface area (Å²) in [5.74, 6) is -0.402. The normalized spacial score (nSPS) is 10.3. The maximum atomic E-state index is 11.8. The van der Waals surface area contributed by atoms with Crippen LogP contribution in [0.1, 0.15) is 23.0 Å². The van der Waals surface area contributed by atoms with E-state index in [1.165, 1.54) is 16.9 Å². The third-order valence-corrected chi connectivity index (χ3v) is 3.73. The van der Waals surface area contributed by atoms with E-state index in [1.807, 2.05) is 32.3 Å². The molecule has 2 aromatic rings. The molecule has 0 aliphatic carbocycles. The summed E-state index contributed by atoms with van der Waals surface area (Å²) in [6.07, 6.45) is 0. The molecule has 0 aliphatic rings. The van der Waals surface area contributed by atoms with Gasteiger partial charge in [-0.3, -0.25) is 0 Å². The molecule has 0 atom stereocenters. The van der Waals surface area contributed by atoms with Crippen molar-refractivity contribution in [1.82, 2.24) is 4.98 Å². The maximum absolute atomic E-state index is 11.8. The van der Waals surface area contributed by atoms with Crippen molar-refractivity contribution in [2.75, 3.05) is 30.9 Å². The van der Waals surface area contributed by atoms with Crippen LogP contribution in [0, 0.1) is 6.92 Å². The molecule has 21 heavy (non-hydrogen) atoms. The molecule has 5 nitrogen and oxygen atoms in total. The van der Waals surface area contributed by atoms with E-state index in [2.05, 4.69) is 22.1 Å². The second-order valence-electron chi connectivity index (χ2n) is 4.77. The predicted octanol–water partition coefficient (Wildman–Crippen LogP) is 3.44. The minimum absolute atomic E-state index is 0.328. The lowest BCUT2D eigenvalue weighted by Gasteiger charge is -2.17. The third kappa shape index (κ3) is 3.52. The SMILES string of the molecule is CCOC(=O)c1ncsc1Nc1ccc(C)c(N(C)C)c1. The van der Waals surface area contributed by atoms with Crippen molar-refractivity contribution in [3.63, 3.8) is 0 Å². The van der Waals surface area contributed by atoms with Gasteiger partial charge in [0.1, 0.15) is 5.00 Å². The van der Waals surface area contributed by atoms with Crippen molar-refractivity contribution >= 4 is 33.7 Å². The quantitative estimate of drug-likeness (QED) is 0.858. The average Bonchev–Trinajstić information content (AvgIpc) is 2.89. The zero-order valence-electron chi connectivity index (χ0n) is 12.6. The first-order valence-corrected chi connectivity index (χ1v) is 7.56. The van der Waals surface area contributed by atoms with Gasteiger partial charge >= 0.3 is 5.97 Å². The highest BCUT2D eigenvalue weighted by Gasteiger charge is 2.16. The van der Waals surface area contributed by atoms with Gasteiger partial charge in [-0.15, -0.1) is 11.3 Å². The van der Waals surface area contributed by atoms with Crippen LogP contribution in [0.15, 0.2) is 23.7 Å². The van der Waals surface area contributed by atoms with Gasteiger partial charge in [0.2, 0.25) is 0 Å². The molecule has 112 valence electrons. The van der Waals surface area contributed by atoms with E-state index in [9.17, 15) is 4.79 Å². The number of nitrogens with one attached hydrogen (secondary N) is 1. The van der Waals surface area contributed by atoms with Crippen LogP contribution >= 0.6 is 11.3 Å².